The van der Waals surface area contributed by atoms with E-state index < -0.39 is 0 Å². The number of ether oxygens (including phenoxy) is 4. The highest BCUT2D eigenvalue weighted by atomic mass is 127. The van der Waals surface area contributed by atoms with Crippen molar-refractivity contribution in [3.63, 3.8) is 0 Å². The molecule has 0 aliphatic carbocycles. The van der Waals surface area contributed by atoms with Crippen LogP contribution in [0.5, 0.6) is 0 Å². The molecule has 6 heteroatoms. The van der Waals surface area contributed by atoms with Crippen molar-refractivity contribution in [2.75, 3.05) is 50.7 Å². The Kier molecular flexibility index (Phi) is 13.2. The maximum absolute atomic E-state index is 10.4. The highest BCUT2D eigenvalue weighted by molar-refractivity contribution is 14.1. The summed E-state index contributed by atoms with van der Waals surface area (Å²) in [6.07, 6.45) is 0. The van der Waals surface area contributed by atoms with E-state index in [-0.39, 0.29) is 5.97 Å². The summed E-state index contributed by atoms with van der Waals surface area (Å²) in [5.74, 6) is -0.285. The molecule has 0 unspecified atom stereocenters. The molecule has 0 aliphatic heterocycles. The highest BCUT2D eigenvalue weighted by Crippen LogP contribution is 1.85. The van der Waals surface area contributed by atoms with Crippen LogP contribution in [-0.2, 0) is 23.7 Å². The normalized spacial score (nSPS) is 10.4. The van der Waals surface area contributed by atoms with E-state index in [1.807, 2.05) is 0 Å². The van der Waals surface area contributed by atoms with Crippen LogP contribution >= 0.6 is 22.6 Å². The third kappa shape index (κ3) is 14.1. The van der Waals surface area contributed by atoms with E-state index in [0.717, 1.165) is 11.0 Å². The van der Waals surface area contributed by atoms with Gasteiger partial charge in [-0.1, -0.05) is 22.6 Å². The summed E-state index contributed by atoms with van der Waals surface area (Å²) < 4.78 is 21.3. The largest absolute Gasteiger partial charge is 0.463 e. The van der Waals surface area contributed by atoms with Crippen LogP contribution in [-0.4, -0.2) is 56.6 Å². The minimum atomic E-state index is -0.285. The fraction of sp³-hybridized carbons (Fsp3) is 0.900. The van der Waals surface area contributed by atoms with Crippen molar-refractivity contribution in [2.45, 2.75) is 6.92 Å². The Labute approximate surface area is 110 Å². The van der Waals surface area contributed by atoms with Crippen molar-refractivity contribution in [1.29, 1.82) is 0 Å². The average Bonchev–Trinajstić information content (AvgIpc) is 2.25. The Morgan fingerprint density at radius 1 is 0.875 bits per heavy atom. The predicted octanol–water partition coefficient (Wildman–Crippen LogP) is 1.03. The van der Waals surface area contributed by atoms with E-state index in [4.69, 9.17) is 14.2 Å². The Morgan fingerprint density at radius 2 is 1.31 bits per heavy atom. The lowest BCUT2D eigenvalue weighted by Crippen LogP contribution is -2.13. The molecule has 0 radical (unpaired) electrons. The van der Waals surface area contributed by atoms with Gasteiger partial charge in [-0.2, -0.15) is 0 Å². The Morgan fingerprint density at radius 3 is 1.75 bits per heavy atom. The molecular weight excluding hydrogens is 327 g/mol. The molecule has 0 atom stereocenters. The van der Waals surface area contributed by atoms with Crippen molar-refractivity contribution >= 4 is 28.6 Å². The molecule has 5 nitrogen and oxygen atoms in total. The van der Waals surface area contributed by atoms with Crippen LogP contribution in [0.1, 0.15) is 6.92 Å². The Balaban J connectivity index is 2.90. The monoisotopic (exact) mass is 346 g/mol. The van der Waals surface area contributed by atoms with E-state index in [0.29, 0.717) is 39.6 Å². The van der Waals surface area contributed by atoms with Gasteiger partial charge in [-0.3, -0.25) is 4.79 Å². The van der Waals surface area contributed by atoms with Crippen LogP contribution < -0.4 is 0 Å². The summed E-state index contributed by atoms with van der Waals surface area (Å²) >= 11 is 2.26. The van der Waals surface area contributed by atoms with Crippen molar-refractivity contribution in [3.8, 4) is 0 Å². The lowest BCUT2D eigenvalue weighted by Gasteiger charge is -2.06. The van der Waals surface area contributed by atoms with Gasteiger partial charge in [0.05, 0.1) is 39.6 Å². The van der Waals surface area contributed by atoms with Gasteiger partial charge in [0.1, 0.15) is 6.61 Å². The summed E-state index contributed by atoms with van der Waals surface area (Å²) in [6.45, 7) is 5.10. The van der Waals surface area contributed by atoms with E-state index in [1.54, 1.807) is 0 Å². The number of alkyl halides is 1. The summed E-state index contributed by atoms with van der Waals surface area (Å²) in [6, 6.07) is 0. The Hall–Kier alpha value is 0.0800. The lowest BCUT2D eigenvalue weighted by atomic mass is 10.7. The van der Waals surface area contributed by atoms with Crippen LogP contribution in [0.3, 0.4) is 0 Å². The van der Waals surface area contributed by atoms with Gasteiger partial charge in [-0.15, -0.1) is 0 Å². The first kappa shape index (κ1) is 16.1. The van der Waals surface area contributed by atoms with Gasteiger partial charge >= 0.3 is 5.97 Å². The number of hydrogen-bond donors (Lipinski definition) is 0. The number of hydrogen-bond acceptors (Lipinski definition) is 5. The molecule has 0 fully saturated rings. The van der Waals surface area contributed by atoms with Gasteiger partial charge < -0.3 is 18.9 Å². The van der Waals surface area contributed by atoms with Gasteiger partial charge in [-0.05, 0) is 0 Å². The van der Waals surface area contributed by atoms with Gasteiger partial charge in [0.2, 0.25) is 0 Å². The second-order valence-electron chi connectivity index (χ2n) is 2.87. The molecule has 0 aromatic carbocycles. The molecule has 0 aromatic rings. The number of rotatable bonds is 11. The van der Waals surface area contributed by atoms with E-state index in [2.05, 4.69) is 27.3 Å². The van der Waals surface area contributed by atoms with Gasteiger partial charge in [-0.25, -0.2) is 0 Å². The van der Waals surface area contributed by atoms with Crippen molar-refractivity contribution in [1.82, 2.24) is 0 Å². The quantitative estimate of drug-likeness (QED) is 0.242. The second-order valence-corrected chi connectivity index (χ2v) is 3.94. The standard InChI is InChI=1S/C10H19IO5/c1-10(12)16-9-8-15-7-6-14-5-4-13-3-2-11/h2-9H2,1H3. The molecule has 0 saturated heterocycles. The minimum absolute atomic E-state index is 0.285. The maximum Gasteiger partial charge on any atom is 0.302 e. The zero-order valence-corrected chi connectivity index (χ0v) is 11.7. The molecule has 0 spiro atoms. The number of carbonyl (C=O) groups is 1. The van der Waals surface area contributed by atoms with Crippen molar-refractivity contribution in [3.05, 3.63) is 0 Å². The van der Waals surface area contributed by atoms with Gasteiger partial charge in [0.25, 0.3) is 0 Å². The van der Waals surface area contributed by atoms with Crippen LogP contribution in [0, 0.1) is 0 Å². The predicted molar refractivity (Wildman–Crippen MR) is 68.0 cm³/mol. The summed E-state index contributed by atoms with van der Waals surface area (Å²) in [7, 11) is 0. The molecule has 0 amide bonds. The Bertz CT molecular complexity index is 165. The number of esters is 1. The van der Waals surface area contributed by atoms with Crippen LogP contribution in [0.2, 0.25) is 0 Å². The van der Waals surface area contributed by atoms with E-state index >= 15 is 0 Å². The minimum Gasteiger partial charge on any atom is -0.463 e. The second kappa shape index (κ2) is 13.1. The molecule has 0 heterocycles. The summed E-state index contributed by atoms with van der Waals surface area (Å²) in [4.78, 5) is 10.4. The van der Waals surface area contributed by atoms with Crippen LogP contribution in [0.25, 0.3) is 0 Å². The molecule has 0 aliphatic rings. The lowest BCUT2D eigenvalue weighted by molar-refractivity contribution is -0.142. The highest BCUT2D eigenvalue weighted by Gasteiger charge is 1.93. The first-order valence-corrected chi connectivity index (χ1v) is 6.72. The van der Waals surface area contributed by atoms with Gasteiger partial charge in [0.15, 0.2) is 0 Å². The topological polar surface area (TPSA) is 54.0 Å². The number of carbonyl (C=O) groups excluding carboxylic acids is 1. The first-order valence-electron chi connectivity index (χ1n) is 5.20. The number of halogens is 1. The van der Waals surface area contributed by atoms with Crippen molar-refractivity contribution < 1.29 is 23.7 Å². The zero-order chi connectivity index (χ0) is 12.1. The summed E-state index contributed by atoms with van der Waals surface area (Å²) in [5.41, 5.74) is 0. The molecule has 96 valence electrons. The third-order valence-electron chi connectivity index (χ3n) is 1.50. The smallest absolute Gasteiger partial charge is 0.302 e. The molecule has 0 bridgehead atoms. The zero-order valence-electron chi connectivity index (χ0n) is 9.58. The maximum atomic E-state index is 10.4. The molecule has 0 aromatic heterocycles. The van der Waals surface area contributed by atoms with E-state index in [1.165, 1.54) is 6.92 Å². The van der Waals surface area contributed by atoms with Gasteiger partial charge in [0, 0.05) is 11.4 Å². The van der Waals surface area contributed by atoms with Crippen LogP contribution in [0.15, 0.2) is 0 Å². The molecular formula is C10H19IO5. The SMILES string of the molecule is CC(=O)OCCOCCOCCOCCI. The average molecular weight is 346 g/mol. The van der Waals surface area contributed by atoms with Crippen molar-refractivity contribution in [2.24, 2.45) is 0 Å². The van der Waals surface area contributed by atoms with Crippen LogP contribution in [0.4, 0.5) is 0 Å². The first-order chi connectivity index (χ1) is 7.77. The fourth-order valence-corrected chi connectivity index (χ4v) is 1.15. The van der Waals surface area contributed by atoms with E-state index in [9.17, 15) is 4.79 Å². The third-order valence-corrected chi connectivity index (χ3v) is 1.94. The molecule has 0 saturated carbocycles. The molecule has 0 rings (SSSR count). The fourth-order valence-electron chi connectivity index (χ4n) is 0.841. The molecule has 16 heavy (non-hydrogen) atoms. The summed E-state index contributed by atoms with van der Waals surface area (Å²) in [5, 5.41) is 0. The molecule has 0 N–H and O–H groups in total.